The van der Waals surface area contributed by atoms with Crippen LogP contribution in [0.25, 0.3) is 0 Å². The Balaban J connectivity index is 0.00000192. The first kappa shape index (κ1) is 18.2. The molecular weight excluding hydrogens is 334 g/mol. The summed E-state index contributed by atoms with van der Waals surface area (Å²) in [6.07, 6.45) is 4.02. The molecule has 2 aliphatic rings. The summed E-state index contributed by atoms with van der Waals surface area (Å²) in [5.41, 5.74) is 6.32. The quantitative estimate of drug-likeness (QED) is 0.899. The summed E-state index contributed by atoms with van der Waals surface area (Å²) in [7, 11) is 0. The molecular formula is C16H24ClN3O2S. The van der Waals surface area contributed by atoms with Crippen LogP contribution < -0.4 is 5.73 Å². The first-order chi connectivity index (χ1) is 10.7. The number of nitrogens with two attached hydrogens (primary N) is 1. The molecule has 0 bridgehead atoms. The minimum atomic E-state index is -0.334. The van der Waals surface area contributed by atoms with Crippen molar-refractivity contribution in [2.75, 3.05) is 32.7 Å². The monoisotopic (exact) mass is 357 g/mol. The summed E-state index contributed by atoms with van der Waals surface area (Å²) in [5, 5.41) is 3.79. The number of halogens is 1. The fourth-order valence-corrected chi connectivity index (χ4v) is 4.20. The second-order valence-corrected chi connectivity index (χ2v) is 7.07. The van der Waals surface area contributed by atoms with E-state index in [0.29, 0.717) is 32.7 Å². The minimum Gasteiger partial charge on any atom is -0.339 e. The molecule has 0 atom stereocenters. The maximum Gasteiger partial charge on any atom is 0.254 e. The molecule has 0 radical (unpaired) electrons. The summed E-state index contributed by atoms with van der Waals surface area (Å²) in [4.78, 5) is 28.9. The van der Waals surface area contributed by atoms with Gasteiger partial charge in [-0.1, -0.05) is 12.8 Å². The molecule has 1 aliphatic heterocycles. The largest absolute Gasteiger partial charge is 0.339 e. The maximum atomic E-state index is 12.8. The number of carbonyl (C=O) groups excluding carboxylic acids is 2. The van der Waals surface area contributed by atoms with E-state index in [2.05, 4.69) is 0 Å². The summed E-state index contributed by atoms with van der Waals surface area (Å²) >= 11 is 1.53. The molecule has 2 heterocycles. The van der Waals surface area contributed by atoms with Crippen LogP contribution in [0.3, 0.4) is 0 Å². The van der Waals surface area contributed by atoms with Gasteiger partial charge in [0.25, 0.3) is 5.91 Å². The first-order valence-corrected chi connectivity index (χ1v) is 8.91. The lowest BCUT2D eigenvalue weighted by Crippen LogP contribution is -2.55. The van der Waals surface area contributed by atoms with Gasteiger partial charge in [-0.05, 0) is 24.3 Å². The van der Waals surface area contributed by atoms with E-state index >= 15 is 0 Å². The molecule has 1 saturated carbocycles. The van der Waals surface area contributed by atoms with Gasteiger partial charge in [0.05, 0.1) is 11.0 Å². The molecule has 2 N–H and O–H groups in total. The molecule has 2 amide bonds. The number of carbonyl (C=O) groups is 2. The molecule has 3 rings (SSSR count). The van der Waals surface area contributed by atoms with Crippen LogP contribution in [0.1, 0.15) is 36.0 Å². The summed E-state index contributed by atoms with van der Waals surface area (Å²) in [6, 6.07) is 1.85. The second-order valence-electron chi connectivity index (χ2n) is 6.29. The zero-order valence-corrected chi connectivity index (χ0v) is 14.8. The van der Waals surface area contributed by atoms with Gasteiger partial charge in [0, 0.05) is 38.1 Å². The van der Waals surface area contributed by atoms with Gasteiger partial charge in [0.1, 0.15) is 0 Å². The number of hydrogen-bond acceptors (Lipinski definition) is 4. The fourth-order valence-electron chi connectivity index (χ4n) is 3.57. The van der Waals surface area contributed by atoms with Crippen molar-refractivity contribution >= 4 is 35.6 Å². The Labute approximate surface area is 147 Å². The van der Waals surface area contributed by atoms with Crippen LogP contribution in [0.2, 0.25) is 0 Å². The summed E-state index contributed by atoms with van der Waals surface area (Å²) < 4.78 is 0. The predicted molar refractivity (Wildman–Crippen MR) is 94.0 cm³/mol. The van der Waals surface area contributed by atoms with Gasteiger partial charge in [0.2, 0.25) is 5.91 Å². The van der Waals surface area contributed by atoms with E-state index in [-0.39, 0.29) is 29.6 Å². The molecule has 1 aromatic rings. The smallest absolute Gasteiger partial charge is 0.254 e. The lowest BCUT2D eigenvalue weighted by atomic mass is 9.84. The zero-order chi connectivity index (χ0) is 15.6. The van der Waals surface area contributed by atoms with Crippen molar-refractivity contribution in [1.29, 1.82) is 0 Å². The van der Waals surface area contributed by atoms with Gasteiger partial charge in [-0.3, -0.25) is 9.59 Å². The minimum absolute atomic E-state index is 0. The van der Waals surface area contributed by atoms with E-state index in [0.717, 1.165) is 31.2 Å². The number of hydrogen-bond donors (Lipinski definition) is 1. The molecule has 1 aliphatic carbocycles. The van der Waals surface area contributed by atoms with E-state index in [1.165, 1.54) is 11.3 Å². The van der Waals surface area contributed by atoms with Crippen molar-refractivity contribution in [3.63, 3.8) is 0 Å². The average molecular weight is 358 g/mol. The summed E-state index contributed by atoms with van der Waals surface area (Å²) in [5.74, 6) is 0.276. The van der Waals surface area contributed by atoms with Crippen LogP contribution in [-0.4, -0.2) is 54.3 Å². The highest BCUT2D eigenvalue weighted by Crippen LogP contribution is 2.39. The Kier molecular flexibility index (Phi) is 6.06. The van der Waals surface area contributed by atoms with E-state index in [1.54, 1.807) is 0 Å². The highest BCUT2D eigenvalue weighted by Gasteiger charge is 2.43. The van der Waals surface area contributed by atoms with Crippen molar-refractivity contribution < 1.29 is 9.59 Å². The normalized spacial score (nSPS) is 20.2. The van der Waals surface area contributed by atoms with Gasteiger partial charge in [-0.15, -0.1) is 12.4 Å². The van der Waals surface area contributed by atoms with E-state index in [4.69, 9.17) is 5.73 Å². The first-order valence-electron chi connectivity index (χ1n) is 7.97. The fraction of sp³-hybridized carbons (Fsp3) is 0.625. The Morgan fingerprint density at radius 1 is 1.13 bits per heavy atom. The van der Waals surface area contributed by atoms with Gasteiger partial charge in [0.15, 0.2) is 0 Å². The third kappa shape index (κ3) is 3.54. The third-order valence-electron chi connectivity index (χ3n) is 5.03. The molecule has 7 heteroatoms. The Morgan fingerprint density at radius 2 is 1.74 bits per heavy atom. The molecule has 0 unspecified atom stereocenters. The molecule has 128 valence electrons. The number of piperazine rings is 1. The number of thiophene rings is 1. The Bertz CT molecular complexity index is 536. The number of rotatable bonds is 3. The molecule has 2 fully saturated rings. The Morgan fingerprint density at radius 3 is 2.26 bits per heavy atom. The molecule has 0 aromatic carbocycles. The van der Waals surface area contributed by atoms with Gasteiger partial charge >= 0.3 is 0 Å². The SMILES string of the molecule is Cl.NCC1(C(=O)N2CCN(C(=O)c3ccsc3)CC2)CCCC1. The predicted octanol–water partition coefficient (Wildman–Crippen LogP) is 1.97. The molecule has 23 heavy (non-hydrogen) atoms. The highest BCUT2D eigenvalue weighted by atomic mass is 35.5. The second kappa shape index (κ2) is 7.64. The maximum absolute atomic E-state index is 12.8. The van der Waals surface area contributed by atoms with Crippen LogP contribution >= 0.6 is 23.7 Å². The van der Waals surface area contributed by atoms with E-state index in [9.17, 15) is 9.59 Å². The lowest BCUT2D eigenvalue weighted by molar-refractivity contribution is -0.143. The standard InChI is InChI=1S/C16H23N3O2S.ClH/c17-12-16(4-1-2-5-16)15(21)19-8-6-18(7-9-19)14(20)13-3-10-22-11-13;/h3,10-11H,1-2,4-9,12,17H2;1H. The van der Waals surface area contributed by atoms with Crippen LogP contribution in [-0.2, 0) is 4.79 Å². The summed E-state index contributed by atoms with van der Waals surface area (Å²) in [6.45, 7) is 2.91. The lowest BCUT2D eigenvalue weighted by Gasteiger charge is -2.39. The molecule has 1 saturated heterocycles. The Hall–Kier alpha value is -1.11. The van der Waals surface area contributed by atoms with Crippen LogP contribution in [0.5, 0.6) is 0 Å². The topological polar surface area (TPSA) is 66.6 Å². The zero-order valence-electron chi connectivity index (χ0n) is 13.2. The molecule has 1 aromatic heterocycles. The number of nitrogens with zero attached hydrogens (tertiary/aromatic N) is 2. The van der Waals surface area contributed by atoms with Crippen molar-refractivity contribution in [1.82, 2.24) is 9.80 Å². The van der Waals surface area contributed by atoms with E-state index < -0.39 is 0 Å². The van der Waals surface area contributed by atoms with Crippen molar-refractivity contribution in [2.45, 2.75) is 25.7 Å². The van der Waals surface area contributed by atoms with Gasteiger partial charge in [-0.2, -0.15) is 11.3 Å². The van der Waals surface area contributed by atoms with Crippen molar-refractivity contribution in [2.24, 2.45) is 11.1 Å². The number of amides is 2. The van der Waals surface area contributed by atoms with Crippen LogP contribution in [0.15, 0.2) is 16.8 Å². The highest BCUT2D eigenvalue weighted by molar-refractivity contribution is 7.08. The third-order valence-corrected chi connectivity index (χ3v) is 5.71. The molecule has 0 spiro atoms. The van der Waals surface area contributed by atoms with Crippen LogP contribution in [0, 0.1) is 5.41 Å². The van der Waals surface area contributed by atoms with E-state index in [1.807, 2.05) is 26.6 Å². The molecule has 5 nitrogen and oxygen atoms in total. The van der Waals surface area contributed by atoms with Crippen molar-refractivity contribution in [3.05, 3.63) is 22.4 Å². The van der Waals surface area contributed by atoms with Crippen LogP contribution in [0.4, 0.5) is 0 Å². The van der Waals surface area contributed by atoms with Crippen molar-refractivity contribution in [3.8, 4) is 0 Å². The average Bonchev–Trinajstić information content (AvgIpc) is 3.25. The van der Waals surface area contributed by atoms with Gasteiger partial charge in [-0.25, -0.2) is 0 Å². The van der Waals surface area contributed by atoms with Gasteiger partial charge < -0.3 is 15.5 Å².